The van der Waals surface area contributed by atoms with Crippen molar-refractivity contribution < 1.29 is 14.3 Å². The first-order valence-electron chi connectivity index (χ1n) is 8.96. The van der Waals surface area contributed by atoms with E-state index < -0.39 is 0 Å². The topological polar surface area (TPSA) is 71.5 Å². The first-order chi connectivity index (χ1) is 13.6. The largest absolute Gasteiger partial charge is 0.436 e. The van der Waals surface area contributed by atoms with E-state index in [-0.39, 0.29) is 24.2 Å². The molecule has 0 radical (unpaired) electrons. The van der Waals surface area contributed by atoms with Gasteiger partial charge in [0.2, 0.25) is 11.8 Å². The molecule has 1 N–H and O–H groups in total. The lowest BCUT2D eigenvalue weighted by Gasteiger charge is -2.22. The van der Waals surface area contributed by atoms with Gasteiger partial charge >= 0.3 is 0 Å². The number of rotatable bonds is 5. The van der Waals surface area contributed by atoms with Gasteiger partial charge in [-0.05, 0) is 54.6 Å². The molecule has 1 aromatic carbocycles. The lowest BCUT2D eigenvalue weighted by Crippen LogP contribution is -2.41. The fraction of sp³-hybridized carbons (Fsp3) is 0.190. The van der Waals surface area contributed by atoms with Crippen LogP contribution in [0.15, 0.2) is 54.0 Å². The maximum absolute atomic E-state index is 13.1. The molecule has 0 bridgehead atoms. The summed E-state index contributed by atoms with van der Waals surface area (Å²) in [6.45, 7) is 2.37. The zero-order chi connectivity index (χ0) is 19.5. The predicted octanol–water partition coefficient (Wildman–Crippen LogP) is 3.56. The summed E-state index contributed by atoms with van der Waals surface area (Å²) >= 11 is 1.66. The summed E-state index contributed by atoms with van der Waals surface area (Å²) in [6, 6.07) is 12.9. The molecule has 2 amide bonds. The van der Waals surface area contributed by atoms with Crippen LogP contribution >= 0.6 is 11.3 Å². The summed E-state index contributed by atoms with van der Waals surface area (Å²) in [5, 5.41) is 4.91. The number of hydrogen-bond donors (Lipinski definition) is 1. The third-order valence-electron chi connectivity index (χ3n) is 4.43. The molecule has 0 saturated heterocycles. The molecule has 3 aromatic rings. The number of thiophene rings is 1. The van der Waals surface area contributed by atoms with Crippen molar-refractivity contribution in [2.75, 3.05) is 18.0 Å². The van der Waals surface area contributed by atoms with Crippen LogP contribution < -0.4 is 15.0 Å². The number of aryl methyl sites for hydroxylation is 1. The summed E-state index contributed by atoms with van der Waals surface area (Å²) in [5.41, 5.74) is 1.87. The highest BCUT2D eigenvalue weighted by molar-refractivity contribution is 7.09. The van der Waals surface area contributed by atoms with Crippen LogP contribution in [0.25, 0.3) is 0 Å². The molecular formula is C21H19N3O3S. The Morgan fingerprint density at radius 2 is 2.14 bits per heavy atom. The third kappa shape index (κ3) is 3.75. The van der Waals surface area contributed by atoms with Crippen molar-refractivity contribution in [1.29, 1.82) is 0 Å². The van der Waals surface area contributed by atoms with Gasteiger partial charge in [0.25, 0.3) is 5.91 Å². The van der Waals surface area contributed by atoms with E-state index in [2.05, 4.69) is 10.3 Å². The molecule has 7 heteroatoms. The van der Waals surface area contributed by atoms with E-state index in [1.54, 1.807) is 35.7 Å². The number of benzene rings is 1. The van der Waals surface area contributed by atoms with Gasteiger partial charge in [-0.25, -0.2) is 4.98 Å². The molecule has 0 atom stereocenters. The minimum absolute atomic E-state index is 0.0859. The number of nitrogens with zero attached hydrogens (tertiary/aromatic N) is 2. The highest BCUT2D eigenvalue weighted by Gasteiger charge is 2.30. The van der Waals surface area contributed by atoms with Gasteiger partial charge in [-0.2, -0.15) is 0 Å². The Morgan fingerprint density at radius 3 is 2.96 bits per heavy atom. The minimum Gasteiger partial charge on any atom is -0.436 e. The molecule has 3 heterocycles. The summed E-state index contributed by atoms with van der Waals surface area (Å²) in [7, 11) is 0. The van der Waals surface area contributed by atoms with E-state index in [1.807, 2.05) is 36.6 Å². The smallest absolute Gasteiger partial charge is 0.264 e. The summed E-state index contributed by atoms with van der Waals surface area (Å²) < 4.78 is 5.87. The van der Waals surface area contributed by atoms with Crippen LogP contribution in [0.4, 0.5) is 5.69 Å². The Hall–Kier alpha value is -3.19. The monoisotopic (exact) mass is 393 g/mol. The second kappa shape index (κ2) is 7.82. The van der Waals surface area contributed by atoms with E-state index in [0.717, 1.165) is 12.0 Å². The molecule has 1 aliphatic rings. The number of carbonyl (C=O) groups excluding carboxylic acids is 2. The van der Waals surface area contributed by atoms with Gasteiger partial charge in [0.05, 0.1) is 5.69 Å². The van der Waals surface area contributed by atoms with Gasteiger partial charge in [-0.1, -0.05) is 12.1 Å². The number of pyridine rings is 1. The molecule has 0 spiro atoms. The number of amides is 2. The number of aromatic nitrogens is 1. The predicted molar refractivity (Wildman–Crippen MR) is 108 cm³/mol. The van der Waals surface area contributed by atoms with Gasteiger partial charge in [0.15, 0.2) is 5.75 Å². The second-order valence-electron chi connectivity index (χ2n) is 6.50. The van der Waals surface area contributed by atoms with Gasteiger partial charge < -0.3 is 10.1 Å². The van der Waals surface area contributed by atoms with Crippen molar-refractivity contribution in [2.45, 2.75) is 13.3 Å². The second-order valence-corrected chi connectivity index (χ2v) is 7.53. The van der Waals surface area contributed by atoms with Crippen molar-refractivity contribution >= 4 is 28.8 Å². The standard InChI is InChI=1S/C21H19N3O3S/c1-14-6-7-18-17(12-14)24(21(26)16-5-2-9-23-20(16)27-18)13-19(25)22-10-8-15-4-3-11-28-15/h2-7,9,11-12H,8,10,13H2,1H3,(H,22,25). The molecule has 0 fully saturated rings. The summed E-state index contributed by atoms with van der Waals surface area (Å²) in [5.74, 6) is 0.228. The van der Waals surface area contributed by atoms with Gasteiger partial charge in [-0.3, -0.25) is 14.5 Å². The molecule has 6 nitrogen and oxygen atoms in total. The summed E-state index contributed by atoms with van der Waals surface area (Å²) in [6.07, 6.45) is 2.34. The number of anilines is 1. The van der Waals surface area contributed by atoms with E-state index >= 15 is 0 Å². The van der Waals surface area contributed by atoms with E-state index in [1.165, 1.54) is 9.78 Å². The zero-order valence-electron chi connectivity index (χ0n) is 15.3. The molecule has 1 aliphatic heterocycles. The van der Waals surface area contributed by atoms with Crippen LogP contribution in [0.1, 0.15) is 20.8 Å². The Kier molecular flexibility index (Phi) is 5.08. The van der Waals surface area contributed by atoms with Crippen LogP contribution in [-0.4, -0.2) is 29.9 Å². The fourth-order valence-electron chi connectivity index (χ4n) is 3.05. The molecule has 2 aromatic heterocycles. The van der Waals surface area contributed by atoms with E-state index in [4.69, 9.17) is 4.74 Å². The average Bonchev–Trinajstić information content (AvgIpc) is 3.17. The lowest BCUT2D eigenvalue weighted by molar-refractivity contribution is -0.119. The molecule has 28 heavy (non-hydrogen) atoms. The Bertz CT molecular complexity index is 1020. The van der Waals surface area contributed by atoms with Crippen molar-refractivity contribution in [1.82, 2.24) is 10.3 Å². The molecule has 4 rings (SSSR count). The maximum Gasteiger partial charge on any atom is 0.264 e. The number of ether oxygens (including phenoxy) is 1. The average molecular weight is 393 g/mol. The molecule has 142 valence electrons. The van der Waals surface area contributed by atoms with Crippen LogP contribution in [0, 0.1) is 6.92 Å². The normalized spacial score (nSPS) is 12.6. The minimum atomic E-state index is -0.305. The Balaban J connectivity index is 1.56. The van der Waals surface area contributed by atoms with Crippen molar-refractivity contribution in [3.05, 3.63) is 70.0 Å². The molecule has 0 saturated carbocycles. The van der Waals surface area contributed by atoms with Gasteiger partial charge in [-0.15, -0.1) is 11.3 Å². The number of fused-ring (bicyclic) bond motifs is 2. The maximum atomic E-state index is 13.1. The molecular weight excluding hydrogens is 374 g/mol. The van der Waals surface area contributed by atoms with E-state index in [0.29, 0.717) is 23.5 Å². The number of carbonyl (C=O) groups is 2. The number of nitrogens with one attached hydrogen (secondary N) is 1. The van der Waals surface area contributed by atoms with Crippen molar-refractivity contribution in [2.24, 2.45) is 0 Å². The first-order valence-corrected chi connectivity index (χ1v) is 9.84. The van der Waals surface area contributed by atoms with Crippen LogP contribution in [0.3, 0.4) is 0 Å². The molecule has 0 unspecified atom stereocenters. The SMILES string of the molecule is Cc1ccc2c(c1)N(CC(=O)NCCc1cccs1)C(=O)c1cccnc1O2. The van der Waals surface area contributed by atoms with Crippen molar-refractivity contribution in [3.8, 4) is 11.6 Å². The Labute approximate surface area is 166 Å². The van der Waals surface area contributed by atoms with Crippen LogP contribution in [-0.2, 0) is 11.2 Å². The molecule has 0 aliphatic carbocycles. The van der Waals surface area contributed by atoms with Crippen molar-refractivity contribution in [3.63, 3.8) is 0 Å². The summed E-state index contributed by atoms with van der Waals surface area (Å²) in [4.78, 5) is 32.5. The van der Waals surface area contributed by atoms with Crippen LogP contribution in [0.5, 0.6) is 11.6 Å². The highest BCUT2D eigenvalue weighted by atomic mass is 32.1. The zero-order valence-corrected chi connectivity index (χ0v) is 16.2. The lowest BCUT2D eigenvalue weighted by atomic mass is 10.1. The van der Waals surface area contributed by atoms with Crippen LogP contribution in [0.2, 0.25) is 0 Å². The number of hydrogen-bond acceptors (Lipinski definition) is 5. The fourth-order valence-corrected chi connectivity index (χ4v) is 3.76. The van der Waals surface area contributed by atoms with Gasteiger partial charge in [0.1, 0.15) is 12.1 Å². The quantitative estimate of drug-likeness (QED) is 0.719. The van der Waals surface area contributed by atoms with E-state index in [9.17, 15) is 9.59 Å². The third-order valence-corrected chi connectivity index (χ3v) is 5.37. The highest BCUT2D eigenvalue weighted by Crippen LogP contribution is 2.38. The Morgan fingerprint density at radius 1 is 1.25 bits per heavy atom. The van der Waals surface area contributed by atoms with Gasteiger partial charge in [0, 0.05) is 17.6 Å². The first kappa shape index (κ1) is 18.2.